The third-order valence-corrected chi connectivity index (χ3v) is 2.79. The Morgan fingerprint density at radius 2 is 2.17 bits per heavy atom. The van der Waals surface area contributed by atoms with Crippen LogP contribution in [0.2, 0.25) is 0 Å². The second-order valence-corrected chi connectivity index (χ2v) is 4.89. The highest BCUT2D eigenvalue weighted by Crippen LogP contribution is 2.13. The summed E-state index contributed by atoms with van der Waals surface area (Å²) in [7, 11) is 0. The predicted octanol–water partition coefficient (Wildman–Crippen LogP) is -0.0196. The molecule has 1 fully saturated rings. The molecule has 1 heterocycles. The van der Waals surface area contributed by atoms with Gasteiger partial charge in [0.1, 0.15) is 0 Å². The summed E-state index contributed by atoms with van der Waals surface area (Å²) in [5, 5.41) is 14.7. The first-order valence-electron chi connectivity index (χ1n) is 6.33. The van der Waals surface area contributed by atoms with Gasteiger partial charge in [0.05, 0.1) is 18.6 Å². The smallest absolute Gasteiger partial charge is 0.307 e. The van der Waals surface area contributed by atoms with Gasteiger partial charge in [0.25, 0.3) is 0 Å². The van der Waals surface area contributed by atoms with E-state index >= 15 is 0 Å². The fourth-order valence-electron chi connectivity index (χ4n) is 1.93. The highest BCUT2D eigenvalue weighted by molar-refractivity contribution is 5.76. The number of piperidine rings is 1. The van der Waals surface area contributed by atoms with Crippen LogP contribution >= 0.6 is 0 Å². The normalized spacial score (nSPS) is 23.9. The van der Waals surface area contributed by atoms with E-state index in [4.69, 9.17) is 9.84 Å². The molecule has 18 heavy (non-hydrogen) atoms. The molecule has 0 radical (unpaired) electrons. The Morgan fingerprint density at radius 3 is 2.78 bits per heavy atom. The number of amides is 1. The van der Waals surface area contributed by atoms with Crippen LogP contribution in [0.5, 0.6) is 0 Å². The third-order valence-electron chi connectivity index (χ3n) is 2.79. The van der Waals surface area contributed by atoms with Crippen molar-refractivity contribution >= 4 is 11.9 Å². The van der Waals surface area contributed by atoms with Gasteiger partial charge in [-0.05, 0) is 20.3 Å². The maximum atomic E-state index is 11.4. The SMILES string of the molecule is CC(C)NC(=O)CCOC1CNCC(C(=O)O)C1. The van der Waals surface area contributed by atoms with Gasteiger partial charge in [-0.3, -0.25) is 9.59 Å². The van der Waals surface area contributed by atoms with Crippen molar-refractivity contribution in [1.82, 2.24) is 10.6 Å². The highest BCUT2D eigenvalue weighted by Gasteiger charge is 2.27. The molecule has 1 aliphatic heterocycles. The van der Waals surface area contributed by atoms with E-state index < -0.39 is 11.9 Å². The zero-order chi connectivity index (χ0) is 13.5. The topological polar surface area (TPSA) is 87.7 Å². The fraction of sp³-hybridized carbons (Fsp3) is 0.833. The Morgan fingerprint density at radius 1 is 1.44 bits per heavy atom. The second-order valence-electron chi connectivity index (χ2n) is 4.89. The first-order chi connectivity index (χ1) is 8.49. The molecule has 1 aliphatic rings. The molecule has 2 atom stereocenters. The molecule has 1 rings (SSSR count). The molecule has 0 aromatic heterocycles. The standard InChI is InChI=1S/C12H22N2O4/c1-8(2)14-11(15)3-4-18-10-5-9(12(16)17)6-13-7-10/h8-10,13H,3-7H2,1-2H3,(H,14,15)(H,16,17). The van der Waals surface area contributed by atoms with Crippen LogP contribution in [0.4, 0.5) is 0 Å². The molecule has 0 saturated carbocycles. The summed E-state index contributed by atoms with van der Waals surface area (Å²) in [4.78, 5) is 22.2. The minimum absolute atomic E-state index is 0.0384. The Bertz CT molecular complexity index is 294. The summed E-state index contributed by atoms with van der Waals surface area (Å²) in [6, 6.07) is 0.130. The Labute approximate surface area is 107 Å². The average molecular weight is 258 g/mol. The van der Waals surface area contributed by atoms with Crippen molar-refractivity contribution in [2.24, 2.45) is 5.92 Å². The van der Waals surface area contributed by atoms with E-state index in [9.17, 15) is 9.59 Å². The molecule has 2 unspecified atom stereocenters. The van der Waals surface area contributed by atoms with Gasteiger partial charge in [-0.15, -0.1) is 0 Å². The van der Waals surface area contributed by atoms with Gasteiger partial charge >= 0.3 is 5.97 Å². The summed E-state index contributed by atoms with van der Waals surface area (Å²) < 4.78 is 5.53. The molecule has 0 aromatic carbocycles. The first kappa shape index (κ1) is 14.9. The molecule has 0 aliphatic carbocycles. The van der Waals surface area contributed by atoms with E-state index in [0.717, 1.165) is 0 Å². The number of carbonyl (C=O) groups is 2. The molecular weight excluding hydrogens is 236 g/mol. The molecule has 0 aromatic rings. The lowest BCUT2D eigenvalue weighted by Gasteiger charge is -2.27. The van der Waals surface area contributed by atoms with Crippen molar-refractivity contribution in [3.05, 3.63) is 0 Å². The van der Waals surface area contributed by atoms with Gasteiger partial charge in [-0.25, -0.2) is 0 Å². The number of nitrogens with one attached hydrogen (secondary N) is 2. The average Bonchev–Trinajstić information content (AvgIpc) is 2.28. The van der Waals surface area contributed by atoms with Crippen molar-refractivity contribution in [3.8, 4) is 0 Å². The molecule has 3 N–H and O–H groups in total. The number of aliphatic carboxylic acids is 1. The maximum absolute atomic E-state index is 11.4. The molecule has 0 spiro atoms. The Balaban J connectivity index is 2.19. The number of hydrogen-bond acceptors (Lipinski definition) is 4. The highest BCUT2D eigenvalue weighted by atomic mass is 16.5. The summed E-state index contributed by atoms with van der Waals surface area (Å²) >= 11 is 0. The third kappa shape index (κ3) is 5.46. The monoisotopic (exact) mass is 258 g/mol. The van der Waals surface area contributed by atoms with Crippen LogP contribution in [0.1, 0.15) is 26.7 Å². The van der Waals surface area contributed by atoms with E-state index in [1.54, 1.807) is 0 Å². The zero-order valence-corrected chi connectivity index (χ0v) is 10.9. The Kier molecular flexibility index (Phi) is 6.07. The van der Waals surface area contributed by atoms with Crippen LogP contribution in [0, 0.1) is 5.92 Å². The largest absolute Gasteiger partial charge is 0.481 e. The van der Waals surface area contributed by atoms with Crippen LogP contribution in [0.3, 0.4) is 0 Å². The van der Waals surface area contributed by atoms with Gasteiger partial charge in [0.15, 0.2) is 0 Å². The fourth-order valence-corrected chi connectivity index (χ4v) is 1.93. The van der Waals surface area contributed by atoms with Crippen LogP contribution < -0.4 is 10.6 Å². The predicted molar refractivity (Wildman–Crippen MR) is 66.2 cm³/mol. The molecule has 1 amide bonds. The number of hydrogen-bond donors (Lipinski definition) is 3. The lowest BCUT2D eigenvalue weighted by Crippen LogP contribution is -2.44. The van der Waals surface area contributed by atoms with E-state index in [-0.39, 0.29) is 18.1 Å². The lowest BCUT2D eigenvalue weighted by atomic mass is 9.98. The van der Waals surface area contributed by atoms with Gasteiger partial charge in [-0.1, -0.05) is 0 Å². The maximum Gasteiger partial charge on any atom is 0.307 e. The molecular formula is C12H22N2O4. The second kappa shape index (κ2) is 7.33. The lowest BCUT2D eigenvalue weighted by molar-refractivity contribution is -0.144. The molecule has 6 heteroatoms. The first-order valence-corrected chi connectivity index (χ1v) is 6.33. The van der Waals surface area contributed by atoms with Crippen LogP contribution in [-0.2, 0) is 14.3 Å². The number of ether oxygens (including phenoxy) is 1. The summed E-state index contributed by atoms with van der Waals surface area (Å²) in [5.41, 5.74) is 0. The van der Waals surface area contributed by atoms with Gasteiger partial charge in [0, 0.05) is 25.6 Å². The van der Waals surface area contributed by atoms with Crippen molar-refractivity contribution in [3.63, 3.8) is 0 Å². The van der Waals surface area contributed by atoms with Crippen molar-refractivity contribution in [1.29, 1.82) is 0 Å². The molecule has 6 nitrogen and oxygen atoms in total. The van der Waals surface area contributed by atoms with Crippen LogP contribution in [0.25, 0.3) is 0 Å². The van der Waals surface area contributed by atoms with Crippen LogP contribution in [-0.4, -0.2) is 48.8 Å². The summed E-state index contributed by atoms with van der Waals surface area (Å²) in [6.07, 6.45) is 0.701. The van der Waals surface area contributed by atoms with E-state index in [0.29, 0.717) is 32.5 Å². The van der Waals surface area contributed by atoms with E-state index in [1.807, 2.05) is 13.8 Å². The minimum atomic E-state index is -0.798. The van der Waals surface area contributed by atoms with Gasteiger partial charge < -0.3 is 20.5 Å². The molecule has 0 bridgehead atoms. The summed E-state index contributed by atoms with van der Waals surface area (Å²) in [6.45, 7) is 5.28. The number of rotatable bonds is 6. The van der Waals surface area contributed by atoms with Gasteiger partial charge in [0.2, 0.25) is 5.91 Å². The molecule has 104 valence electrons. The van der Waals surface area contributed by atoms with Crippen molar-refractivity contribution in [2.75, 3.05) is 19.7 Å². The number of carboxylic acids is 1. The summed E-state index contributed by atoms with van der Waals surface area (Å²) in [5.74, 6) is -1.23. The quantitative estimate of drug-likeness (QED) is 0.623. The van der Waals surface area contributed by atoms with Crippen LogP contribution in [0.15, 0.2) is 0 Å². The minimum Gasteiger partial charge on any atom is -0.481 e. The molecule has 1 saturated heterocycles. The van der Waals surface area contributed by atoms with Gasteiger partial charge in [-0.2, -0.15) is 0 Å². The zero-order valence-electron chi connectivity index (χ0n) is 10.9. The van der Waals surface area contributed by atoms with E-state index in [1.165, 1.54) is 0 Å². The van der Waals surface area contributed by atoms with Crippen molar-refractivity contribution in [2.45, 2.75) is 38.8 Å². The van der Waals surface area contributed by atoms with E-state index in [2.05, 4.69) is 10.6 Å². The number of carbonyl (C=O) groups excluding carboxylic acids is 1. The number of carboxylic acid groups (broad SMARTS) is 1. The van der Waals surface area contributed by atoms with Crippen molar-refractivity contribution < 1.29 is 19.4 Å². The Hall–Kier alpha value is -1.14.